The molecule has 1 amide bonds. The van der Waals surface area contributed by atoms with E-state index in [9.17, 15) is 18.0 Å². The fourth-order valence-electron chi connectivity index (χ4n) is 1.74. The van der Waals surface area contributed by atoms with Crippen molar-refractivity contribution in [1.29, 1.82) is 0 Å². The molecule has 0 heterocycles. The third-order valence-corrected chi connectivity index (χ3v) is 3.78. The number of esters is 1. The molecular weight excluding hydrogens is 320 g/mol. The lowest BCUT2D eigenvalue weighted by Crippen LogP contribution is -2.35. The minimum atomic E-state index is -4.09. The number of amides is 1. The molecule has 2 rings (SSSR count). The molecule has 2 N–H and O–H groups in total. The first-order valence-electron chi connectivity index (χ1n) is 6.49. The molecule has 0 aliphatic carbocycles. The van der Waals surface area contributed by atoms with Crippen molar-refractivity contribution in [2.75, 3.05) is 11.8 Å². The van der Waals surface area contributed by atoms with Gasteiger partial charge in [-0.3, -0.25) is 9.52 Å². The fourth-order valence-corrected chi connectivity index (χ4v) is 2.60. The Labute approximate surface area is 133 Å². The number of carbonyl (C=O) groups excluding carboxylic acids is 2. The van der Waals surface area contributed by atoms with Crippen LogP contribution in [0.15, 0.2) is 54.6 Å². The SMILES string of the molecule is COC(=O)c1ccc(NS(=O)(=O)NC(=O)c2ccccc2)cc1. The van der Waals surface area contributed by atoms with Gasteiger partial charge in [-0.15, -0.1) is 0 Å². The Kier molecular flexibility index (Phi) is 4.97. The maximum atomic E-state index is 11.9. The second-order valence-corrected chi connectivity index (χ2v) is 5.89. The summed E-state index contributed by atoms with van der Waals surface area (Å²) in [7, 11) is -2.84. The van der Waals surface area contributed by atoms with Gasteiger partial charge in [0.1, 0.15) is 0 Å². The van der Waals surface area contributed by atoms with Crippen LogP contribution in [0.4, 0.5) is 5.69 Å². The number of carbonyl (C=O) groups is 2. The van der Waals surface area contributed by atoms with Crippen molar-refractivity contribution < 1.29 is 22.7 Å². The third kappa shape index (κ3) is 4.55. The number of anilines is 1. The number of rotatable bonds is 5. The van der Waals surface area contributed by atoms with Crippen LogP contribution >= 0.6 is 0 Å². The van der Waals surface area contributed by atoms with Gasteiger partial charge in [0.2, 0.25) is 0 Å². The Bertz CT molecular complexity index is 802. The smallest absolute Gasteiger partial charge is 0.337 e. The van der Waals surface area contributed by atoms with E-state index in [0.29, 0.717) is 0 Å². The predicted octanol–water partition coefficient (Wildman–Crippen LogP) is 1.56. The first-order chi connectivity index (χ1) is 10.9. The second kappa shape index (κ2) is 6.93. The molecule has 23 heavy (non-hydrogen) atoms. The van der Waals surface area contributed by atoms with Crippen LogP contribution in [-0.4, -0.2) is 27.4 Å². The van der Waals surface area contributed by atoms with Gasteiger partial charge in [-0.25, -0.2) is 9.52 Å². The maximum Gasteiger partial charge on any atom is 0.337 e. The zero-order chi connectivity index (χ0) is 16.9. The molecule has 0 radical (unpaired) electrons. The first-order valence-corrected chi connectivity index (χ1v) is 7.98. The van der Waals surface area contributed by atoms with Crippen LogP contribution in [-0.2, 0) is 14.9 Å². The molecule has 0 bridgehead atoms. The molecule has 120 valence electrons. The normalized spacial score (nSPS) is 10.7. The van der Waals surface area contributed by atoms with Crippen molar-refractivity contribution in [3.63, 3.8) is 0 Å². The summed E-state index contributed by atoms with van der Waals surface area (Å²) in [4.78, 5) is 23.1. The van der Waals surface area contributed by atoms with Crippen molar-refractivity contribution in [1.82, 2.24) is 4.72 Å². The van der Waals surface area contributed by atoms with Gasteiger partial charge in [-0.1, -0.05) is 18.2 Å². The quantitative estimate of drug-likeness (QED) is 0.808. The van der Waals surface area contributed by atoms with Crippen molar-refractivity contribution in [3.8, 4) is 0 Å². The van der Waals surface area contributed by atoms with Crippen LogP contribution in [0.3, 0.4) is 0 Å². The number of methoxy groups -OCH3 is 1. The summed E-state index contributed by atoms with van der Waals surface area (Å²) >= 11 is 0. The predicted molar refractivity (Wildman–Crippen MR) is 84.2 cm³/mol. The first kappa shape index (κ1) is 16.5. The molecule has 0 saturated heterocycles. The van der Waals surface area contributed by atoms with Crippen molar-refractivity contribution in [2.24, 2.45) is 0 Å². The molecule has 0 unspecified atom stereocenters. The van der Waals surface area contributed by atoms with E-state index in [-0.39, 0.29) is 16.8 Å². The Morgan fingerprint density at radius 1 is 0.913 bits per heavy atom. The lowest BCUT2D eigenvalue weighted by molar-refractivity contribution is 0.0600. The fraction of sp³-hybridized carbons (Fsp3) is 0.0667. The Morgan fingerprint density at radius 2 is 1.52 bits per heavy atom. The number of benzene rings is 2. The molecule has 0 spiro atoms. The molecule has 0 fully saturated rings. The van der Waals surface area contributed by atoms with E-state index in [4.69, 9.17) is 0 Å². The van der Waals surface area contributed by atoms with E-state index in [2.05, 4.69) is 9.46 Å². The highest BCUT2D eigenvalue weighted by Crippen LogP contribution is 2.12. The molecule has 0 saturated carbocycles. The molecule has 2 aromatic carbocycles. The Morgan fingerprint density at radius 3 is 2.09 bits per heavy atom. The molecule has 0 aliphatic heterocycles. The van der Waals surface area contributed by atoms with Gasteiger partial charge in [-0.05, 0) is 36.4 Å². The minimum absolute atomic E-state index is 0.200. The monoisotopic (exact) mass is 334 g/mol. The van der Waals surface area contributed by atoms with E-state index < -0.39 is 22.1 Å². The van der Waals surface area contributed by atoms with E-state index >= 15 is 0 Å². The highest BCUT2D eigenvalue weighted by molar-refractivity contribution is 7.91. The van der Waals surface area contributed by atoms with Crippen LogP contribution < -0.4 is 9.44 Å². The highest BCUT2D eigenvalue weighted by atomic mass is 32.2. The molecule has 0 atom stereocenters. The number of hydrogen-bond acceptors (Lipinski definition) is 5. The van der Waals surface area contributed by atoms with E-state index in [0.717, 1.165) is 0 Å². The van der Waals surface area contributed by atoms with Gasteiger partial charge < -0.3 is 4.74 Å². The van der Waals surface area contributed by atoms with Gasteiger partial charge in [0.05, 0.1) is 18.4 Å². The summed E-state index contributed by atoms with van der Waals surface area (Å²) < 4.78 is 32.5. The van der Waals surface area contributed by atoms with Crippen LogP contribution in [0, 0.1) is 0 Å². The topological polar surface area (TPSA) is 102 Å². The standard InChI is InChI=1S/C15H14N2O5S/c1-22-15(19)12-7-9-13(10-8-12)16-23(20,21)17-14(18)11-5-3-2-4-6-11/h2-10,16H,1H3,(H,17,18). The van der Waals surface area contributed by atoms with Crippen LogP contribution in [0.1, 0.15) is 20.7 Å². The van der Waals surface area contributed by atoms with E-state index in [1.165, 1.54) is 43.5 Å². The van der Waals surface area contributed by atoms with Gasteiger partial charge in [0, 0.05) is 5.56 Å². The highest BCUT2D eigenvalue weighted by Gasteiger charge is 2.16. The Balaban J connectivity index is 2.06. The zero-order valence-corrected chi connectivity index (χ0v) is 13.0. The third-order valence-electron chi connectivity index (χ3n) is 2.82. The molecule has 8 heteroatoms. The van der Waals surface area contributed by atoms with Crippen molar-refractivity contribution in [2.45, 2.75) is 0 Å². The summed E-state index contributed by atoms with van der Waals surface area (Å²) in [6.45, 7) is 0. The van der Waals surface area contributed by atoms with Gasteiger partial charge >= 0.3 is 16.2 Å². The maximum absolute atomic E-state index is 11.9. The lowest BCUT2D eigenvalue weighted by Gasteiger charge is -2.09. The number of ether oxygens (including phenoxy) is 1. The molecule has 0 aliphatic rings. The molecule has 0 aromatic heterocycles. The lowest BCUT2D eigenvalue weighted by atomic mass is 10.2. The summed E-state index contributed by atoms with van der Waals surface area (Å²) in [6, 6.07) is 13.5. The minimum Gasteiger partial charge on any atom is -0.465 e. The zero-order valence-electron chi connectivity index (χ0n) is 12.1. The number of hydrogen-bond donors (Lipinski definition) is 2. The van der Waals surface area contributed by atoms with Gasteiger partial charge in [-0.2, -0.15) is 8.42 Å². The van der Waals surface area contributed by atoms with Gasteiger partial charge in [0.15, 0.2) is 0 Å². The van der Waals surface area contributed by atoms with Crippen LogP contribution in [0.25, 0.3) is 0 Å². The summed E-state index contributed by atoms with van der Waals surface area (Å²) in [6.07, 6.45) is 0. The average molecular weight is 334 g/mol. The summed E-state index contributed by atoms with van der Waals surface area (Å²) in [5.41, 5.74) is 0.702. The summed E-state index contributed by atoms with van der Waals surface area (Å²) in [5.74, 6) is -1.28. The molecular formula is C15H14N2O5S. The van der Waals surface area contributed by atoms with Gasteiger partial charge in [0.25, 0.3) is 5.91 Å². The molecule has 7 nitrogen and oxygen atoms in total. The number of nitrogens with one attached hydrogen (secondary N) is 2. The van der Waals surface area contributed by atoms with Crippen LogP contribution in [0.2, 0.25) is 0 Å². The average Bonchev–Trinajstić information content (AvgIpc) is 2.54. The second-order valence-electron chi connectivity index (χ2n) is 4.47. The Hall–Kier alpha value is -2.87. The van der Waals surface area contributed by atoms with Crippen molar-refractivity contribution in [3.05, 3.63) is 65.7 Å². The van der Waals surface area contributed by atoms with E-state index in [1.54, 1.807) is 18.2 Å². The summed E-state index contributed by atoms with van der Waals surface area (Å²) in [5, 5.41) is 0. The van der Waals surface area contributed by atoms with Crippen molar-refractivity contribution >= 4 is 27.8 Å². The van der Waals surface area contributed by atoms with Crippen LogP contribution in [0.5, 0.6) is 0 Å². The molecule has 2 aromatic rings. The van der Waals surface area contributed by atoms with E-state index in [1.807, 2.05) is 4.72 Å². The largest absolute Gasteiger partial charge is 0.465 e.